The Kier molecular flexibility index (Phi) is 7.00. The van der Waals surface area contributed by atoms with Crippen molar-refractivity contribution >= 4 is 17.7 Å². The third kappa shape index (κ3) is 7.63. The van der Waals surface area contributed by atoms with Crippen molar-refractivity contribution in [3.05, 3.63) is 23.9 Å². The lowest BCUT2D eigenvalue weighted by atomic mass is 10.1. The number of Topliss-reactive ketones (excluding diaryl/α,β-unsaturated/α-hetero) is 1. The Labute approximate surface area is 138 Å². The zero-order valence-electron chi connectivity index (χ0n) is 14.7. The Bertz CT molecular complexity index is 519. The second-order valence-corrected chi connectivity index (χ2v) is 6.61. The molecule has 1 heterocycles. The molecule has 0 aliphatic rings. The van der Waals surface area contributed by atoms with Gasteiger partial charge in [-0.25, -0.2) is 9.78 Å². The van der Waals surface area contributed by atoms with E-state index in [9.17, 15) is 9.59 Å². The van der Waals surface area contributed by atoms with Crippen molar-refractivity contribution < 1.29 is 14.3 Å². The normalized spacial score (nSPS) is 11.0. The highest BCUT2D eigenvalue weighted by molar-refractivity contribution is 5.95. The predicted octanol–water partition coefficient (Wildman–Crippen LogP) is 3.03. The third-order valence-electron chi connectivity index (χ3n) is 3.03. The number of hydrogen-bond donors (Lipinski definition) is 1. The average Bonchev–Trinajstić information content (AvgIpc) is 2.45. The maximum atomic E-state index is 12.0. The van der Waals surface area contributed by atoms with E-state index in [0.29, 0.717) is 24.9 Å². The van der Waals surface area contributed by atoms with Crippen LogP contribution in [-0.4, -0.2) is 43.1 Å². The number of ether oxygens (including phenoxy) is 1. The zero-order chi connectivity index (χ0) is 17.5. The number of amides is 1. The second kappa shape index (κ2) is 8.50. The molecule has 0 saturated heterocycles. The first-order valence-corrected chi connectivity index (χ1v) is 7.82. The quantitative estimate of drug-likeness (QED) is 0.617. The summed E-state index contributed by atoms with van der Waals surface area (Å²) in [5.74, 6) is 0.892. The van der Waals surface area contributed by atoms with Crippen LogP contribution in [0.1, 0.15) is 50.4 Å². The fourth-order valence-corrected chi connectivity index (χ4v) is 1.88. The predicted molar refractivity (Wildman–Crippen MR) is 91.0 cm³/mol. The Morgan fingerprint density at radius 1 is 1.22 bits per heavy atom. The number of rotatable bonds is 7. The number of aromatic nitrogens is 1. The number of carbonyl (C=O) groups excluding carboxylic acids is 2. The van der Waals surface area contributed by atoms with Crippen molar-refractivity contribution in [3.8, 4) is 0 Å². The summed E-state index contributed by atoms with van der Waals surface area (Å²) < 4.78 is 5.14. The number of nitrogens with zero attached hydrogens (tertiary/aromatic N) is 2. The molecule has 1 amide bonds. The lowest BCUT2D eigenvalue weighted by Gasteiger charge is -2.19. The van der Waals surface area contributed by atoms with Gasteiger partial charge in [-0.2, -0.15) is 0 Å². The number of hydrogen-bond acceptors (Lipinski definition) is 5. The summed E-state index contributed by atoms with van der Waals surface area (Å²) in [5.41, 5.74) is 0.127. The molecule has 0 atom stereocenters. The van der Waals surface area contributed by atoms with Gasteiger partial charge in [-0.3, -0.25) is 4.79 Å². The summed E-state index contributed by atoms with van der Waals surface area (Å²) in [6.07, 6.45) is 3.07. The molecule has 1 aromatic rings. The fourth-order valence-electron chi connectivity index (χ4n) is 1.88. The van der Waals surface area contributed by atoms with E-state index in [0.717, 1.165) is 12.2 Å². The molecule has 0 saturated carbocycles. The van der Waals surface area contributed by atoms with Crippen LogP contribution in [0.3, 0.4) is 0 Å². The van der Waals surface area contributed by atoms with Gasteiger partial charge in [0.05, 0.1) is 0 Å². The smallest absolute Gasteiger partial charge is 0.407 e. The number of nitrogens with one attached hydrogen (secondary N) is 1. The summed E-state index contributed by atoms with van der Waals surface area (Å²) >= 11 is 0. The largest absolute Gasteiger partial charge is 0.444 e. The van der Waals surface area contributed by atoms with Gasteiger partial charge < -0.3 is 15.0 Å². The molecule has 0 aliphatic carbocycles. The highest BCUT2D eigenvalue weighted by atomic mass is 16.6. The summed E-state index contributed by atoms with van der Waals surface area (Å²) in [4.78, 5) is 29.6. The number of pyridine rings is 1. The minimum absolute atomic E-state index is 0.0695. The first kappa shape index (κ1) is 18.9. The van der Waals surface area contributed by atoms with Crippen LogP contribution in [0, 0.1) is 0 Å². The minimum atomic E-state index is -0.494. The van der Waals surface area contributed by atoms with Gasteiger partial charge in [-0.15, -0.1) is 0 Å². The monoisotopic (exact) mass is 321 g/mol. The third-order valence-corrected chi connectivity index (χ3v) is 3.03. The lowest BCUT2D eigenvalue weighted by molar-refractivity contribution is 0.0527. The molecular formula is C17H27N3O3. The van der Waals surface area contributed by atoms with E-state index in [-0.39, 0.29) is 5.78 Å². The highest BCUT2D eigenvalue weighted by Gasteiger charge is 2.15. The SMILES string of the molecule is CN(C)c1ccc(C(=O)CCCCNC(=O)OC(C)(C)C)cn1. The Hall–Kier alpha value is -2.11. The van der Waals surface area contributed by atoms with E-state index in [4.69, 9.17) is 4.74 Å². The van der Waals surface area contributed by atoms with E-state index < -0.39 is 11.7 Å². The van der Waals surface area contributed by atoms with E-state index >= 15 is 0 Å². The van der Waals surface area contributed by atoms with Crippen LogP contribution in [0.5, 0.6) is 0 Å². The number of anilines is 1. The van der Waals surface area contributed by atoms with Crippen molar-refractivity contribution in [2.45, 2.75) is 45.6 Å². The molecule has 23 heavy (non-hydrogen) atoms. The molecule has 0 radical (unpaired) electrons. The van der Waals surface area contributed by atoms with Crippen molar-refractivity contribution in [1.82, 2.24) is 10.3 Å². The Morgan fingerprint density at radius 3 is 2.43 bits per heavy atom. The molecule has 1 rings (SSSR count). The van der Waals surface area contributed by atoms with Gasteiger partial charge in [0, 0.05) is 38.8 Å². The first-order valence-electron chi connectivity index (χ1n) is 7.82. The van der Waals surface area contributed by atoms with Gasteiger partial charge in [-0.05, 0) is 45.7 Å². The van der Waals surface area contributed by atoms with Crippen LogP contribution >= 0.6 is 0 Å². The van der Waals surface area contributed by atoms with Crippen molar-refractivity contribution in [1.29, 1.82) is 0 Å². The van der Waals surface area contributed by atoms with Gasteiger partial charge in [0.15, 0.2) is 5.78 Å². The second-order valence-electron chi connectivity index (χ2n) is 6.61. The highest BCUT2D eigenvalue weighted by Crippen LogP contribution is 2.11. The van der Waals surface area contributed by atoms with Crippen molar-refractivity contribution in [2.24, 2.45) is 0 Å². The molecule has 6 nitrogen and oxygen atoms in total. The number of alkyl carbamates (subject to hydrolysis) is 1. The van der Waals surface area contributed by atoms with Gasteiger partial charge in [-0.1, -0.05) is 0 Å². The molecule has 1 N–H and O–H groups in total. The fraction of sp³-hybridized carbons (Fsp3) is 0.588. The lowest BCUT2D eigenvalue weighted by Crippen LogP contribution is -2.33. The molecule has 0 aliphatic heterocycles. The zero-order valence-corrected chi connectivity index (χ0v) is 14.7. The molecular weight excluding hydrogens is 294 g/mol. The van der Waals surface area contributed by atoms with Gasteiger partial charge in [0.25, 0.3) is 0 Å². The topological polar surface area (TPSA) is 71.5 Å². The Balaban J connectivity index is 2.25. The molecule has 6 heteroatoms. The maximum Gasteiger partial charge on any atom is 0.407 e. The molecule has 0 bridgehead atoms. The van der Waals surface area contributed by atoms with E-state index in [1.165, 1.54) is 0 Å². The molecule has 0 spiro atoms. The molecule has 0 unspecified atom stereocenters. The average molecular weight is 321 g/mol. The van der Waals surface area contributed by atoms with Crippen LogP contribution in [0.25, 0.3) is 0 Å². The van der Waals surface area contributed by atoms with Crippen LogP contribution in [0.15, 0.2) is 18.3 Å². The molecule has 1 aromatic heterocycles. The molecule has 0 aromatic carbocycles. The van der Waals surface area contributed by atoms with Gasteiger partial charge in [0.2, 0.25) is 0 Å². The Morgan fingerprint density at radius 2 is 1.91 bits per heavy atom. The molecule has 128 valence electrons. The number of carbonyl (C=O) groups is 2. The summed E-state index contributed by atoms with van der Waals surface area (Å²) in [6.45, 7) is 5.96. The summed E-state index contributed by atoms with van der Waals surface area (Å²) in [6, 6.07) is 3.63. The van der Waals surface area contributed by atoms with Crippen LogP contribution < -0.4 is 10.2 Å². The van der Waals surface area contributed by atoms with Crippen molar-refractivity contribution in [2.75, 3.05) is 25.5 Å². The summed E-state index contributed by atoms with van der Waals surface area (Å²) in [7, 11) is 3.81. The van der Waals surface area contributed by atoms with E-state index in [2.05, 4.69) is 10.3 Å². The first-order chi connectivity index (χ1) is 10.7. The van der Waals surface area contributed by atoms with Crippen LogP contribution in [0.2, 0.25) is 0 Å². The van der Waals surface area contributed by atoms with Gasteiger partial charge in [0.1, 0.15) is 11.4 Å². The van der Waals surface area contributed by atoms with E-state index in [1.807, 2.05) is 45.8 Å². The standard InChI is InChI=1S/C17H27N3O3/c1-17(2,3)23-16(22)18-11-7-6-8-14(21)13-9-10-15(19-12-13)20(4)5/h9-10,12H,6-8,11H2,1-5H3,(H,18,22). The van der Waals surface area contributed by atoms with Gasteiger partial charge >= 0.3 is 6.09 Å². The summed E-state index contributed by atoms with van der Waals surface area (Å²) in [5, 5.41) is 2.68. The minimum Gasteiger partial charge on any atom is -0.444 e. The number of ketones is 1. The van der Waals surface area contributed by atoms with Crippen LogP contribution in [0.4, 0.5) is 10.6 Å². The van der Waals surface area contributed by atoms with Crippen molar-refractivity contribution in [3.63, 3.8) is 0 Å². The van der Waals surface area contributed by atoms with E-state index in [1.54, 1.807) is 12.3 Å². The maximum absolute atomic E-state index is 12.0. The molecule has 0 fully saturated rings. The number of unbranched alkanes of at least 4 members (excludes halogenated alkanes) is 1. The van der Waals surface area contributed by atoms with Crippen LogP contribution in [-0.2, 0) is 4.74 Å².